The van der Waals surface area contributed by atoms with Gasteiger partial charge in [-0.15, -0.1) is 0 Å². The van der Waals surface area contributed by atoms with Crippen LogP contribution in [0.3, 0.4) is 0 Å². The van der Waals surface area contributed by atoms with Crippen molar-refractivity contribution in [3.8, 4) is 11.5 Å². The van der Waals surface area contributed by atoms with Crippen molar-refractivity contribution in [1.29, 1.82) is 0 Å². The van der Waals surface area contributed by atoms with Crippen LogP contribution >= 0.6 is 0 Å². The van der Waals surface area contributed by atoms with Gasteiger partial charge in [-0.25, -0.2) is 0 Å². The number of hydrogen-bond donors (Lipinski definition) is 1. The van der Waals surface area contributed by atoms with E-state index in [4.69, 9.17) is 5.11 Å². The summed E-state index contributed by atoms with van der Waals surface area (Å²) in [5, 5.41) is 9.08. The summed E-state index contributed by atoms with van der Waals surface area (Å²) in [5.41, 5.74) is 0. The van der Waals surface area contributed by atoms with E-state index >= 15 is 0 Å². The van der Waals surface area contributed by atoms with Crippen LogP contribution in [0.4, 0.5) is 0 Å². The van der Waals surface area contributed by atoms with Gasteiger partial charge in [-0.05, 0) is 12.1 Å². The smallest absolute Gasteiger partial charge is 0.306 e. The fraction of sp³-hybridized carbons (Fsp3) is 0.143. The lowest BCUT2D eigenvalue weighted by atomic mass is 10.3. The highest BCUT2D eigenvalue weighted by atomic mass is 32.2. The van der Waals surface area contributed by atoms with Crippen LogP contribution in [0.2, 0.25) is 0 Å². The van der Waals surface area contributed by atoms with E-state index in [9.17, 15) is 8.42 Å². The topological polar surface area (TPSA) is 63.6 Å². The summed E-state index contributed by atoms with van der Waals surface area (Å²) >= 11 is 0. The van der Waals surface area contributed by atoms with Crippen LogP contribution in [-0.2, 0) is 10.1 Å². The van der Waals surface area contributed by atoms with Gasteiger partial charge in [0.1, 0.15) is 0 Å². The highest BCUT2D eigenvalue weighted by Crippen LogP contribution is 2.25. The number of hydrogen-bond acceptors (Lipinski definition) is 4. The van der Waals surface area contributed by atoms with E-state index in [0.717, 1.165) is 6.26 Å². The Hall–Kier alpha value is -1.23. The summed E-state index contributed by atoms with van der Waals surface area (Å²) in [6.07, 6.45) is 0.916. The fourth-order valence-corrected chi connectivity index (χ4v) is 1.16. The Morgan fingerprint density at radius 3 is 2.42 bits per heavy atom. The minimum atomic E-state index is -3.56. The van der Waals surface area contributed by atoms with Crippen molar-refractivity contribution >= 4 is 10.1 Å². The molecule has 1 rings (SSSR count). The maximum Gasteiger partial charge on any atom is 0.306 e. The summed E-state index contributed by atoms with van der Waals surface area (Å²) in [6.45, 7) is 0. The number of benzene rings is 1. The van der Waals surface area contributed by atoms with Gasteiger partial charge in [-0.1, -0.05) is 12.1 Å². The van der Waals surface area contributed by atoms with Crippen molar-refractivity contribution in [2.45, 2.75) is 0 Å². The first-order valence-electron chi connectivity index (χ1n) is 3.16. The normalized spacial score (nSPS) is 11.1. The third-order valence-corrected chi connectivity index (χ3v) is 1.59. The lowest BCUT2D eigenvalue weighted by Crippen LogP contribution is -2.05. The molecule has 1 N–H and O–H groups in total. The molecule has 0 heterocycles. The maximum absolute atomic E-state index is 10.6. The SMILES string of the molecule is CS(=O)(=O)Oc1ccccc1O. The second kappa shape index (κ2) is 3.02. The van der Waals surface area contributed by atoms with Gasteiger partial charge in [0.2, 0.25) is 0 Å². The molecule has 0 unspecified atom stereocenters. The van der Waals surface area contributed by atoms with Crippen molar-refractivity contribution in [2.75, 3.05) is 6.26 Å². The highest BCUT2D eigenvalue weighted by Gasteiger charge is 2.07. The number of aromatic hydroxyl groups is 1. The molecule has 1 aromatic rings. The third kappa shape index (κ3) is 2.43. The zero-order chi connectivity index (χ0) is 9.19. The van der Waals surface area contributed by atoms with Crippen molar-refractivity contribution in [3.63, 3.8) is 0 Å². The molecular weight excluding hydrogens is 180 g/mol. The van der Waals surface area contributed by atoms with E-state index in [1.165, 1.54) is 12.1 Å². The molecule has 0 saturated heterocycles. The summed E-state index contributed by atoms with van der Waals surface area (Å²) in [7, 11) is -3.56. The summed E-state index contributed by atoms with van der Waals surface area (Å²) in [6, 6.07) is 5.86. The lowest BCUT2D eigenvalue weighted by Gasteiger charge is -2.03. The molecule has 4 nitrogen and oxygen atoms in total. The molecule has 0 aliphatic rings. The van der Waals surface area contributed by atoms with Gasteiger partial charge < -0.3 is 9.29 Å². The van der Waals surface area contributed by atoms with Crippen molar-refractivity contribution in [2.24, 2.45) is 0 Å². The molecule has 12 heavy (non-hydrogen) atoms. The number of rotatable bonds is 2. The first-order chi connectivity index (χ1) is 5.49. The van der Waals surface area contributed by atoms with Gasteiger partial charge in [-0.3, -0.25) is 0 Å². The standard InChI is InChI=1S/C7H8O4S/c1-12(9,10)11-7-5-3-2-4-6(7)8/h2-5,8H,1H3. The predicted molar refractivity (Wildman–Crippen MR) is 43.6 cm³/mol. The number of phenolic OH excluding ortho intramolecular Hbond substituents is 1. The van der Waals surface area contributed by atoms with Gasteiger partial charge in [0.15, 0.2) is 11.5 Å². The molecular formula is C7H8O4S. The average Bonchev–Trinajstić information content (AvgIpc) is 1.91. The van der Waals surface area contributed by atoms with Crippen LogP contribution < -0.4 is 4.18 Å². The Balaban J connectivity index is 2.98. The molecule has 0 radical (unpaired) electrons. The summed E-state index contributed by atoms with van der Waals surface area (Å²) in [5.74, 6) is -0.247. The van der Waals surface area contributed by atoms with Crippen molar-refractivity contribution in [3.05, 3.63) is 24.3 Å². The van der Waals surface area contributed by atoms with E-state index in [-0.39, 0.29) is 11.5 Å². The highest BCUT2D eigenvalue weighted by molar-refractivity contribution is 7.86. The predicted octanol–water partition coefficient (Wildman–Crippen LogP) is 0.731. The Kier molecular flexibility index (Phi) is 2.23. The van der Waals surface area contributed by atoms with E-state index in [1.54, 1.807) is 12.1 Å². The zero-order valence-corrected chi connectivity index (χ0v) is 7.21. The largest absolute Gasteiger partial charge is 0.504 e. The summed E-state index contributed by atoms with van der Waals surface area (Å²) < 4.78 is 25.7. The molecule has 1 aromatic carbocycles. The number of phenols is 1. The Morgan fingerprint density at radius 2 is 1.92 bits per heavy atom. The second-order valence-electron chi connectivity index (χ2n) is 2.26. The molecule has 0 bridgehead atoms. The van der Waals surface area contributed by atoms with Crippen molar-refractivity contribution < 1.29 is 17.7 Å². The molecule has 0 aliphatic carbocycles. The molecule has 0 amide bonds. The maximum atomic E-state index is 10.6. The molecule has 0 atom stereocenters. The lowest BCUT2D eigenvalue weighted by molar-refractivity contribution is 0.430. The minimum Gasteiger partial charge on any atom is -0.504 e. The fourth-order valence-electron chi connectivity index (χ4n) is 0.691. The van der Waals surface area contributed by atoms with E-state index in [0.29, 0.717) is 0 Å². The molecule has 0 aliphatic heterocycles. The molecule has 0 saturated carbocycles. The first-order valence-corrected chi connectivity index (χ1v) is 4.98. The molecule has 0 spiro atoms. The van der Waals surface area contributed by atoms with Gasteiger partial charge in [0, 0.05) is 0 Å². The Morgan fingerprint density at radius 1 is 1.33 bits per heavy atom. The molecule has 5 heteroatoms. The van der Waals surface area contributed by atoms with Crippen LogP contribution in [0.15, 0.2) is 24.3 Å². The second-order valence-corrected chi connectivity index (χ2v) is 3.83. The van der Waals surface area contributed by atoms with Gasteiger partial charge >= 0.3 is 10.1 Å². The van der Waals surface area contributed by atoms with Crippen LogP contribution in [0.5, 0.6) is 11.5 Å². The minimum absolute atomic E-state index is 0.0556. The van der Waals surface area contributed by atoms with Crippen LogP contribution in [0, 0.1) is 0 Å². The van der Waals surface area contributed by atoms with Gasteiger partial charge in [-0.2, -0.15) is 8.42 Å². The quantitative estimate of drug-likeness (QED) is 0.695. The van der Waals surface area contributed by atoms with E-state index in [1.807, 2.05) is 0 Å². The van der Waals surface area contributed by atoms with Crippen molar-refractivity contribution in [1.82, 2.24) is 0 Å². The van der Waals surface area contributed by atoms with Crippen LogP contribution in [-0.4, -0.2) is 19.8 Å². The van der Waals surface area contributed by atoms with E-state index < -0.39 is 10.1 Å². The van der Waals surface area contributed by atoms with Gasteiger partial charge in [0.25, 0.3) is 0 Å². The van der Waals surface area contributed by atoms with E-state index in [2.05, 4.69) is 4.18 Å². The average molecular weight is 188 g/mol. The zero-order valence-electron chi connectivity index (χ0n) is 6.39. The monoisotopic (exact) mass is 188 g/mol. The number of para-hydroxylation sites is 2. The van der Waals surface area contributed by atoms with Crippen LogP contribution in [0.1, 0.15) is 0 Å². The molecule has 0 aromatic heterocycles. The third-order valence-electron chi connectivity index (χ3n) is 1.11. The van der Waals surface area contributed by atoms with Gasteiger partial charge in [0.05, 0.1) is 6.26 Å². The Labute approximate surface area is 70.5 Å². The Bertz CT molecular complexity index is 369. The first kappa shape index (κ1) is 8.86. The molecule has 0 fully saturated rings. The molecule has 66 valence electrons. The van der Waals surface area contributed by atoms with Crippen LogP contribution in [0.25, 0.3) is 0 Å². The summed E-state index contributed by atoms with van der Waals surface area (Å²) in [4.78, 5) is 0.